The summed E-state index contributed by atoms with van der Waals surface area (Å²) in [6, 6.07) is 5.41. The van der Waals surface area contributed by atoms with Gasteiger partial charge in [0.05, 0.1) is 5.52 Å². The normalized spacial score (nSPS) is 14.0. The van der Waals surface area contributed by atoms with E-state index in [9.17, 15) is 4.79 Å². The van der Waals surface area contributed by atoms with Gasteiger partial charge in [-0.2, -0.15) is 0 Å². The monoisotopic (exact) mass is 249 g/mol. The van der Waals surface area contributed by atoms with Crippen molar-refractivity contribution in [3.63, 3.8) is 0 Å². The maximum Gasteiger partial charge on any atom is 0.417 e. The number of rotatable bonds is 4. The van der Waals surface area contributed by atoms with Gasteiger partial charge in [0.25, 0.3) is 0 Å². The number of benzene rings is 1. The van der Waals surface area contributed by atoms with Gasteiger partial charge in [-0.1, -0.05) is 19.9 Å². The van der Waals surface area contributed by atoms with Crippen LogP contribution in [0.3, 0.4) is 0 Å². The summed E-state index contributed by atoms with van der Waals surface area (Å²) in [4.78, 5) is 13.7. The second-order valence-corrected chi connectivity index (χ2v) is 5.45. The van der Waals surface area contributed by atoms with Gasteiger partial charge in [-0.3, -0.25) is 4.98 Å². The van der Waals surface area contributed by atoms with Crippen LogP contribution in [0, 0.1) is 5.41 Å². The van der Waals surface area contributed by atoms with Crippen LogP contribution in [-0.4, -0.2) is 11.5 Å². The minimum Gasteiger partial charge on any atom is -0.408 e. The fraction of sp³-hybridized carbons (Fsp3) is 0.462. The first-order valence-electron chi connectivity index (χ1n) is 6.00. The number of nitrogens with one attached hydrogen (secondary N) is 1. The largest absolute Gasteiger partial charge is 0.417 e. The summed E-state index contributed by atoms with van der Waals surface area (Å²) < 4.78 is 5.02. The van der Waals surface area contributed by atoms with Crippen molar-refractivity contribution in [2.45, 2.75) is 26.3 Å². The summed E-state index contributed by atoms with van der Waals surface area (Å²) in [5, 5.41) is 0. The highest BCUT2D eigenvalue weighted by atomic mass is 16.4. The van der Waals surface area contributed by atoms with E-state index in [1.54, 1.807) is 0 Å². The number of hydrogen-bond acceptors (Lipinski definition) is 4. The lowest BCUT2D eigenvalue weighted by molar-refractivity contribution is 0.317. The second kappa shape index (κ2) is 4.59. The first-order valence-corrected chi connectivity index (χ1v) is 6.00. The Morgan fingerprint density at radius 2 is 2.17 bits per heavy atom. The minimum absolute atomic E-state index is 0.00659. The van der Waals surface area contributed by atoms with Crippen LogP contribution in [0.1, 0.15) is 31.9 Å². The fourth-order valence-corrected chi connectivity index (χ4v) is 1.99. The van der Waals surface area contributed by atoms with Gasteiger partial charge >= 0.3 is 5.76 Å². The van der Waals surface area contributed by atoms with Gasteiger partial charge in [0, 0.05) is 6.04 Å². The summed E-state index contributed by atoms with van der Waals surface area (Å²) in [5.41, 5.74) is 14.0. The summed E-state index contributed by atoms with van der Waals surface area (Å²) >= 11 is 0. The van der Waals surface area contributed by atoms with Crippen LogP contribution in [0.4, 0.5) is 0 Å². The van der Waals surface area contributed by atoms with Crippen LogP contribution in [0.15, 0.2) is 27.4 Å². The first kappa shape index (κ1) is 12.9. The van der Waals surface area contributed by atoms with E-state index in [1.807, 2.05) is 18.2 Å². The molecule has 1 aromatic carbocycles. The lowest BCUT2D eigenvalue weighted by Gasteiger charge is -2.26. The van der Waals surface area contributed by atoms with Crippen molar-refractivity contribution in [2.75, 3.05) is 6.54 Å². The summed E-state index contributed by atoms with van der Waals surface area (Å²) in [6.45, 7) is 4.76. The lowest BCUT2D eigenvalue weighted by Crippen LogP contribution is -2.28. The van der Waals surface area contributed by atoms with E-state index >= 15 is 0 Å². The molecule has 0 saturated carbocycles. The van der Waals surface area contributed by atoms with Crippen molar-refractivity contribution < 1.29 is 4.42 Å². The fourth-order valence-electron chi connectivity index (χ4n) is 1.99. The number of H-pyrrole nitrogens is 1. The maximum atomic E-state index is 11.1. The Hall–Kier alpha value is -1.59. The quantitative estimate of drug-likeness (QED) is 0.764. The summed E-state index contributed by atoms with van der Waals surface area (Å²) in [6.07, 6.45) is 0.781. The number of oxazole rings is 1. The van der Waals surface area contributed by atoms with Gasteiger partial charge < -0.3 is 15.9 Å². The third-order valence-electron chi connectivity index (χ3n) is 3.20. The molecule has 5 nitrogen and oxygen atoms in total. The van der Waals surface area contributed by atoms with Crippen molar-refractivity contribution in [2.24, 2.45) is 16.9 Å². The van der Waals surface area contributed by atoms with E-state index in [-0.39, 0.29) is 11.5 Å². The molecular weight excluding hydrogens is 230 g/mol. The Bertz CT molecular complexity index is 598. The Kier molecular flexibility index (Phi) is 3.28. The molecule has 18 heavy (non-hydrogen) atoms. The molecular formula is C13H19N3O2. The molecule has 0 aliphatic carbocycles. The van der Waals surface area contributed by atoms with E-state index in [0.717, 1.165) is 12.0 Å². The van der Waals surface area contributed by atoms with Crippen LogP contribution in [0.2, 0.25) is 0 Å². The van der Waals surface area contributed by atoms with Crippen LogP contribution < -0.4 is 17.2 Å². The van der Waals surface area contributed by atoms with Gasteiger partial charge in [0.2, 0.25) is 0 Å². The van der Waals surface area contributed by atoms with E-state index in [1.165, 1.54) is 0 Å². The zero-order chi connectivity index (χ0) is 13.3. The zero-order valence-corrected chi connectivity index (χ0v) is 10.7. The SMILES string of the molecule is CC(C)(CN)CC(N)c1ccc2[nH]c(=O)oc2c1. The Morgan fingerprint density at radius 1 is 1.44 bits per heavy atom. The zero-order valence-electron chi connectivity index (χ0n) is 10.7. The highest BCUT2D eigenvalue weighted by molar-refractivity contribution is 5.72. The van der Waals surface area contributed by atoms with Crippen LogP contribution in [-0.2, 0) is 0 Å². The second-order valence-electron chi connectivity index (χ2n) is 5.45. The Morgan fingerprint density at radius 3 is 2.83 bits per heavy atom. The molecule has 1 unspecified atom stereocenters. The first-order chi connectivity index (χ1) is 8.41. The molecule has 0 saturated heterocycles. The Labute approximate surface area is 105 Å². The Balaban J connectivity index is 2.27. The van der Waals surface area contributed by atoms with Crippen LogP contribution >= 0.6 is 0 Å². The topological polar surface area (TPSA) is 98.0 Å². The number of aromatic amines is 1. The molecule has 1 atom stereocenters. The molecule has 0 aliphatic rings. The van der Waals surface area contributed by atoms with E-state index in [0.29, 0.717) is 17.6 Å². The van der Waals surface area contributed by atoms with Crippen LogP contribution in [0.5, 0.6) is 0 Å². The molecule has 0 spiro atoms. The predicted molar refractivity (Wildman–Crippen MR) is 71.2 cm³/mol. The molecule has 0 bridgehead atoms. The van der Waals surface area contributed by atoms with Crippen molar-refractivity contribution in [3.8, 4) is 0 Å². The van der Waals surface area contributed by atoms with Gasteiger partial charge in [0.1, 0.15) is 0 Å². The predicted octanol–water partition coefficient (Wildman–Crippen LogP) is 1.50. The smallest absolute Gasteiger partial charge is 0.408 e. The van der Waals surface area contributed by atoms with Crippen LogP contribution in [0.25, 0.3) is 11.1 Å². The van der Waals surface area contributed by atoms with Crippen molar-refractivity contribution in [1.82, 2.24) is 4.98 Å². The van der Waals surface area contributed by atoms with Crippen molar-refractivity contribution >= 4 is 11.1 Å². The van der Waals surface area contributed by atoms with E-state index in [2.05, 4.69) is 18.8 Å². The molecule has 1 aromatic heterocycles. The average molecular weight is 249 g/mol. The molecule has 98 valence electrons. The number of aromatic nitrogens is 1. The van der Waals surface area contributed by atoms with E-state index < -0.39 is 5.76 Å². The summed E-state index contributed by atoms with van der Waals surface area (Å²) in [7, 11) is 0. The number of fused-ring (bicyclic) bond motifs is 1. The van der Waals surface area contributed by atoms with Crippen molar-refractivity contribution in [1.29, 1.82) is 0 Å². The molecule has 0 radical (unpaired) electrons. The molecule has 0 amide bonds. The molecule has 5 heteroatoms. The molecule has 5 N–H and O–H groups in total. The number of hydrogen-bond donors (Lipinski definition) is 3. The third-order valence-corrected chi connectivity index (χ3v) is 3.20. The van der Waals surface area contributed by atoms with Crippen molar-refractivity contribution in [3.05, 3.63) is 34.3 Å². The molecule has 0 fully saturated rings. The lowest BCUT2D eigenvalue weighted by atomic mass is 9.84. The van der Waals surface area contributed by atoms with Gasteiger partial charge in [-0.15, -0.1) is 0 Å². The standard InChI is InChI=1S/C13H19N3O2/c1-13(2,7-14)6-9(15)8-3-4-10-11(5-8)18-12(17)16-10/h3-5,9H,6-7,14-15H2,1-2H3,(H,16,17). The van der Waals surface area contributed by atoms with Gasteiger partial charge in [0.15, 0.2) is 5.58 Å². The molecule has 1 heterocycles. The van der Waals surface area contributed by atoms with Gasteiger partial charge in [-0.25, -0.2) is 4.79 Å². The highest BCUT2D eigenvalue weighted by Crippen LogP contribution is 2.28. The van der Waals surface area contributed by atoms with E-state index in [4.69, 9.17) is 15.9 Å². The number of nitrogens with two attached hydrogens (primary N) is 2. The minimum atomic E-state index is -0.446. The molecule has 2 aromatic rings. The molecule has 2 rings (SSSR count). The highest BCUT2D eigenvalue weighted by Gasteiger charge is 2.21. The maximum absolute atomic E-state index is 11.1. The average Bonchev–Trinajstić information content (AvgIpc) is 2.67. The third kappa shape index (κ3) is 2.63. The summed E-state index contributed by atoms with van der Waals surface area (Å²) in [5.74, 6) is -0.446. The van der Waals surface area contributed by atoms with Gasteiger partial charge in [-0.05, 0) is 36.1 Å². The molecule has 0 aliphatic heterocycles.